The van der Waals surface area contributed by atoms with Gasteiger partial charge in [0.1, 0.15) is 5.69 Å². The molecule has 2 heterocycles. The van der Waals surface area contributed by atoms with Crippen molar-refractivity contribution in [3.05, 3.63) is 39.6 Å². The van der Waals surface area contributed by atoms with Gasteiger partial charge in [0.2, 0.25) is 0 Å². The summed E-state index contributed by atoms with van der Waals surface area (Å²) in [4.78, 5) is 18.8. The molecule has 2 rings (SSSR count). The van der Waals surface area contributed by atoms with Crippen molar-refractivity contribution in [3.8, 4) is 0 Å². The molecule has 0 aliphatic rings. The van der Waals surface area contributed by atoms with Crippen molar-refractivity contribution >= 4 is 17.2 Å². The molecule has 0 spiro atoms. The van der Waals surface area contributed by atoms with E-state index in [1.807, 2.05) is 11.5 Å². The van der Waals surface area contributed by atoms with Gasteiger partial charge in [0, 0.05) is 29.0 Å². The minimum Gasteiger partial charge on any atom is -0.344 e. The molecule has 0 aliphatic heterocycles. The molecule has 108 valence electrons. The van der Waals surface area contributed by atoms with Crippen LogP contribution in [0.1, 0.15) is 38.8 Å². The number of hydrogen-bond acceptors (Lipinski definition) is 4. The van der Waals surface area contributed by atoms with E-state index in [9.17, 15) is 4.79 Å². The monoisotopic (exact) mass is 292 g/mol. The molecule has 20 heavy (non-hydrogen) atoms. The van der Waals surface area contributed by atoms with Crippen LogP contribution in [-0.4, -0.2) is 22.0 Å². The third-order valence-corrected chi connectivity index (χ3v) is 4.13. The molecule has 0 saturated carbocycles. The Kier molecular flexibility index (Phi) is 4.57. The van der Waals surface area contributed by atoms with Gasteiger partial charge in [0.15, 0.2) is 0 Å². The average molecular weight is 292 g/mol. The van der Waals surface area contributed by atoms with Crippen molar-refractivity contribution in [2.75, 3.05) is 6.54 Å². The van der Waals surface area contributed by atoms with Crippen LogP contribution in [0.15, 0.2) is 18.6 Å². The maximum atomic E-state index is 12.1. The molecule has 0 aromatic carbocycles. The number of amides is 1. The molecule has 0 saturated heterocycles. The molecule has 1 atom stereocenters. The van der Waals surface area contributed by atoms with Gasteiger partial charge in [-0.05, 0) is 32.4 Å². The summed E-state index contributed by atoms with van der Waals surface area (Å²) in [5.74, 6) is -0.156. The topological polar surface area (TPSA) is 72.9 Å². The Bertz CT molecular complexity index is 602. The standard InChI is InChI=1S/C14H20N4OS/c1-9-6-12(11(3)20-9)10(2)17-14(19)13-7-18(5-4-15)8-16-13/h6-8,10H,4-5,15H2,1-3H3,(H,17,19). The maximum Gasteiger partial charge on any atom is 0.271 e. The summed E-state index contributed by atoms with van der Waals surface area (Å²) in [7, 11) is 0. The third-order valence-electron chi connectivity index (χ3n) is 3.15. The lowest BCUT2D eigenvalue weighted by Crippen LogP contribution is -2.27. The number of imidazole rings is 1. The Balaban J connectivity index is 2.05. The highest BCUT2D eigenvalue weighted by molar-refractivity contribution is 7.12. The molecule has 0 radical (unpaired) electrons. The minimum absolute atomic E-state index is 0.0212. The van der Waals surface area contributed by atoms with Crippen LogP contribution < -0.4 is 11.1 Å². The Morgan fingerprint density at radius 2 is 2.30 bits per heavy atom. The first kappa shape index (κ1) is 14.7. The van der Waals surface area contributed by atoms with E-state index >= 15 is 0 Å². The highest BCUT2D eigenvalue weighted by atomic mass is 32.1. The van der Waals surface area contributed by atoms with E-state index in [0.29, 0.717) is 18.8 Å². The lowest BCUT2D eigenvalue weighted by Gasteiger charge is -2.12. The average Bonchev–Trinajstić information content (AvgIpc) is 2.96. The van der Waals surface area contributed by atoms with Crippen LogP contribution in [0.2, 0.25) is 0 Å². The Labute approximate surface area is 122 Å². The first-order valence-corrected chi connectivity index (χ1v) is 7.42. The molecule has 1 unspecified atom stereocenters. The fraction of sp³-hybridized carbons (Fsp3) is 0.429. The van der Waals surface area contributed by atoms with Crippen molar-refractivity contribution in [3.63, 3.8) is 0 Å². The molecule has 0 fully saturated rings. The number of hydrogen-bond donors (Lipinski definition) is 2. The van der Waals surface area contributed by atoms with E-state index < -0.39 is 0 Å². The summed E-state index contributed by atoms with van der Waals surface area (Å²) in [5.41, 5.74) is 7.07. The molecule has 2 aromatic rings. The second-order valence-corrected chi connectivity index (χ2v) is 6.31. The predicted octanol–water partition coefficient (Wildman–Crippen LogP) is 2.01. The van der Waals surface area contributed by atoms with Gasteiger partial charge >= 0.3 is 0 Å². The van der Waals surface area contributed by atoms with Crippen LogP contribution in [-0.2, 0) is 6.54 Å². The van der Waals surface area contributed by atoms with Crippen molar-refractivity contribution in [1.82, 2.24) is 14.9 Å². The van der Waals surface area contributed by atoms with E-state index in [-0.39, 0.29) is 11.9 Å². The van der Waals surface area contributed by atoms with Gasteiger partial charge in [-0.1, -0.05) is 0 Å². The third kappa shape index (κ3) is 3.26. The number of thiophene rings is 1. The number of nitrogens with one attached hydrogen (secondary N) is 1. The SMILES string of the molecule is Cc1cc(C(C)NC(=O)c2cn(CCN)cn2)c(C)s1. The fourth-order valence-electron chi connectivity index (χ4n) is 2.18. The zero-order chi connectivity index (χ0) is 14.7. The summed E-state index contributed by atoms with van der Waals surface area (Å²) >= 11 is 1.75. The van der Waals surface area contributed by atoms with E-state index in [0.717, 1.165) is 0 Å². The first-order chi connectivity index (χ1) is 9.51. The molecule has 1 amide bonds. The van der Waals surface area contributed by atoms with Crippen molar-refractivity contribution < 1.29 is 4.79 Å². The number of aryl methyl sites for hydroxylation is 2. The van der Waals surface area contributed by atoms with Gasteiger partial charge in [-0.3, -0.25) is 4.79 Å². The summed E-state index contributed by atoms with van der Waals surface area (Å²) in [5, 5.41) is 2.98. The number of nitrogens with zero attached hydrogens (tertiary/aromatic N) is 2. The maximum absolute atomic E-state index is 12.1. The summed E-state index contributed by atoms with van der Waals surface area (Å²) in [6.45, 7) is 7.33. The van der Waals surface area contributed by atoms with Crippen molar-refractivity contribution in [2.45, 2.75) is 33.4 Å². The van der Waals surface area contributed by atoms with Crippen LogP contribution in [0.3, 0.4) is 0 Å². The van der Waals surface area contributed by atoms with Crippen LogP contribution in [0.25, 0.3) is 0 Å². The van der Waals surface area contributed by atoms with Gasteiger partial charge in [0.05, 0.1) is 12.4 Å². The fourth-order valence-corrected chi connectivity index (χ4v) is 3.20. The molecule has 5 nitrogen and oxygen atoms in total. The van der Waals surface area contributed by atoms with Crippen LogP contribution in [0.5, 0.6) is 0 Å². The van der Waals surface area contributed by atoms with Crippen LogP contribution >= 0.6 is 11.3 Å². The van der Waals surface area contributed by atoms with Gasteiger partial charge < -0.3 is 15.6 Å². The second kappa shape index (κ2) is 6.19. The Morgan fingerprint density at radius 1 is 1.55 bits per heavy atom. The minimum atomic E-state index is -0.156. The van der Waals surface area contributed by atoms with Gasteiger partial charge in [-0.2, -0.15) is 0 Å². The van der Waals surface area contributed by atoms with E-state index in [4.69, 9.17) is 5.73 Å². The summed E-state index contributed by atoms with van der Waals surface area (Å²) in [6, 6.07) is 2.10. The number of carbonyl (C=O) groups excluding carboxylic acids is 1. The Morgan fingerprint density at radius 3 is 2.90 bits per heavy atom. The Hall–Kier alpha value is -1.66. The molecular weight excluding hydrogens is 272 g/mol. The first-order valence-electron chi connectivity index (χ1n) is 6.61. The highest BCUT2D eigenvalue weighted by Gasteiger charge is 2.16. The van der Waals surface area contributed by atoms with E-state index in [2.05, 4.69) is 30.2 Å². The molecule has 2 aromatic heterocycles. The largest absolute Gasteiger partial charge is 0.344 e. The number of carbonyl (C=O) groups is 1. The van der Waals surface area contributed by atoms with E-state index in [1.54, 1.807) is 23.9 Å². The molecule has 3 N–H and O–H groups in total. The van der Waals surface area contributed by atoms with Crippen LogP contribution in [0.4, 0.5) is 0 Å². The smallest absolute Gasteiger partial charge is 0.271 e. The zero-order valence-electron chi connectivity index (χ0n) is 12.0. The number of aromatic nitrogens is 2. The summed E-state index contributed by atoms with van der Waals surface area (Å²) in [6.07, 6.45) is 3.35. The van der Waals surface area contributed by atoms with Crippen molar-refractivity contribution in [1.29, 1.82) is 0 Å². The van der Waals surface area contributed by atoms with Crippen molar-refractivity contribution in [2.24, 2.45) is 5.73 Å². The van der Waals surface area contributed by atoms with Gasteiger partial charge in [0.25, 0.3) is 5.91 Å². The van der Waals surface area contributed by atoms with Crippen LogP contribution in [0, 0.1) is 13.8 Å². The lowest BCUT2D eigenvalue weighted by molar-refractivity contribution is 0.0935. The molecule has 0 bridgehead atoms. The predicted molar refractivity (Wildman–Crippen MR) is 81.0 cm³/mol. The molecular formula is C14H20N4OS. The second-order valence-electron chi connectivity index (χ2n) is 4.85. The lowest BCUT2D eigenvalue weighted by atomic mass is 10.1. The summed E-state index contributed by atoms with van der Waals surface area (Å²) < 4.78 is 1.82. The highest BCUT2D eigenvalue weighted by Crippen LogP contribution is 2.26. The number of nitrogens with two attached hydrogens (primary N) is 1. The van der Waals surface area contributed by atoms with Gasteiger partial charge in [-0.15, -0.1) is 11.3 Å². The molecule has 6 heteroatoms. The molecule has 0 aliphatic carbocycles. The zero-order valence-corrected chi connectivity index (χ0v) is 12.8. The van der Waals surface area contributed by atoms with E-state index in [1.165, 1.54) is 15.3 Å². The quantitative estimate of drug-likeness (QED) is 0.885. The van der Waals surface area contributed by atoms with Gasteiger partial charge in [-0.25, -0.2) is 4.98 Å². The number of rotatable bonds is 5. The normalized spacial score (nSPS) is 12.4.